The van der Waals surface area contributed by atoms with Gasteiger partial charge in [0.2, 0.25) is 0 Å². The highest BCUT2D eigenvalue weighted by Gasteiger charge is 2.24. The molecule has 0 N–H and O–H groups in total. The molecule has 8 nitrogen and oxygen atoms in total. The van der Waals surface area contributed by atoms with Gasteiger partial charge in [-0.2, -0.15) is 0 Å². The first kappa shape index (κ1) is 20.6. The van der Waals surface area contributed by atoms with Crippen LogP contribution in [0.4, 0.5) is 0 Å². The van der Waals surface area contributed by atoms with E-state index < -0.39 is 23.3 Å². The average molecular weight is 398 g/mol. The third kappa shape index (κ3) is 3.74. The maximum absolute atomic E-state index is 13.2. The van der Waals surface area contributed by atoms with Crippen molar-refractivity contribution in [1.29, 1.82) is 0 Å². The van der Waals surface area contributed by atoms with Crippen molar-refractivity contribution in [1.82, 2.24) is 18.7 Å². The molecular formula is C21H26N4O4. The Labute approximate surface area is 168 Å². The summed E-state index contributed by atoms with van der Waals surface area (Å²) >= 11 is 0. The van der Waals surface area contributed by atoms with Gasteiger partial charge in [-0.05, 0) is 38.8 Å². The van der Waals surface area contributed by atoms with E-state index in [9.17, 15) is 14.4 Å². The van der Waals surface area contributed by atoms with E-state index in [0.717, 1.165) is 5.56 Å². The summed E-state index contributed by atoms with van der Waals surface area (Å²) < 4.78 is 9.22. The van der Waals surface area contributed by atoms with Crippen LogP contribution in [0.1, 0.15) is 39.3 Å². The van der Waals surface area contributed by atoms with Crippen LogP contribution in [0.25, 0.3) is 16.9 Å². The lowest BCUT2D eigenvalue weighted by atomic mass is 10.2. The molecule has 0 aliphatic carbocycles. The molecule has 0 amide bonds. The second-order valence-electron chi connectivity index (χ2n) is 7.52. The molecule has 154 valence electrons. The van der Waals surface area contributed by atoms with Crippen molar-refractivity contribution >= 4 is 17.1 Å². The second-order valence-corrected chi connectivity index (χ2v) is 7.52. The predicted molar refractivity (Wildman–Crippen MR) is 111 cm³/mol. The van der Waals surface area contributed by atoms with Crippen LogP contribution in [0.15, 0.2) is 40.2 Å². The third-order valence-electron chi connectivity index (χ3n) is 4.74. The summed E-state index contributed by atoms with van der Waals surface area (Å²) in [4.78, 5) is 43.0. The molecule has 8 heteroatoms. The number of nitrogens with zero attached hydrogens (tertiary/aromatic N) is 4. The standard InChI is InChI=1S/C21H26N4O4/c1-6-29-20(27)15(5)24-12-22-18-17(24)19(26)23(11-13(2)3)21(28)25(18)16-9-7-14(4)8-10-16/h7-10,12-13,15H,6,11H2,1-5H3/t15-/m0/s1. The molecule has 0 radical (unpaired) electrons. The topological polar surface area (TPSA) is 88.1 Å². The van der Waals surface area contributed by atoms with Crippen molar-refractivity contribution in [3.05, 3.63) is 57.0 Å². The predicted octanol–water partition coefficient (Wildman–Crippen LogP) is 2.44. The Balaban J connectivity index is 2.36. The van der Waals surface area contributed by atoms with E-state index in [2.05, 4.69) is 4.98 Å². The van der Waals surface area contributed by atoms with E-state index in [-0.39, 0.29) is 30.2 Å². The number of fused-ring (bicyclic) bond motifs is 1. The SMILES string of the molecule is CCOC(=O)[C@H](C)n1cnc2c1c(=O)n(CC(C)C)c(=O)n2-c1ccc(C)cc1. The minimum absolute atomic E-state index is 0.0863. The summed E-state index contributed by atoms with van der Waals surface area (Å²) in [5.74, 6) is -0.377. The number of benzene rings is 1. The highest BCUT2D eigenvalue weighted by atomic mass is 16.5. The van der Waals surface area contributed by atoms with Gasteiger partial charge in [0.25, 0.3) is 5.56 Å². The first-order valence-electron chi connectivity index (χ1n) is 9.72. The van der Waals surface area contributed by atoms with Crippen molar-refractivity contribution in [3.63, 3.8) is 0 Å². The fourth-order valence-corrected chi connectivity index (χ4v) is 3.27. The van der Waals surface area contributed by atoms with Crippen molar-refractivity contribution < 1.29 is 9.53 Å². The van der Waals surface area contributed by atoms with Crippen LogP contribution < -0.4 is 11.2 Å². The molecule has 0 bridgehead atoms. The minimum atomic E-state index is -0.746. The Morgan fingerprint density at radius 2 is 1.79 bits per heavy atom. The van der Waals surface area contributed by atoms with Gasteiger partial charge < -0.3 is 9.30 Å². The highest BCUT2D eigenvalue weighted by Crippen LogP contribution is 2.18. The van der Waals surface area contributed by atoms with E-state index >= 15 is 0 Å². The number of hydrogen-bond acceptors (Lipinski definition) is 5. The molecule has 0 saturated carbocycles. The number of carbonyl (C=O) groups excluding carboxylic acids is 1. The number of aromatic nitrogens is 4. The van der Waals surface area contributed by atoms with Crippen LogP contribution in [0, 0.1) is 12.8 Å². The maximum atomic E-state index is 13.2. The zero-order valence-corrected chi connectivity index (χ0v) is 17.4. The van der Waals surface area contributed by atoms with Gasteiger partial charge in [-0.3, -0.25) is 9.36 Å². The van der Waals surface area contributed by atoms with E-state index in [0.29, 0.717) is 5.69 Å². The summed E-state index contributed by atoms with van der Waals surface area (Å²) in [6.07, 6.45) is 1.41. The second kappa shape index (κ2) is 8.06. The Morgan fingerprint density at radius 1 is 1.14 bits per heavy atom. The number of ether oxygens (including phenoxy) is 1. The van der Waals surface area contributed by atoms with Gasteiger partial charge in [-0.25, -0.2) is 19.1 Å². The van der Waals surface area contributed by atoms with Gasteiger partial charge in [-0.15, -0.1) is 0 Å². The first-order valence-corrected chi connectivity index (χ1v) is 9.72. The van der Waals surface area contributed by atoms with Crippen LogP contribution in [0.5, 0.6) is 0 Å². The van der Waals surface area contributed by atoms with E-state index in [1.807, 2.05) is 45.0 Å². The maximum Gasteiger partial charge on any atom is 0.337 e. The lowest BCUT2D eigenvalue weighted by Gasteiger charge is -2.16. The van der Waals surface area contributed by atoms with E-state index in [4.69, 9.17) is 4.74 Å². The van der Waals surface area contributed by atoms with Gasteiger partial charge in [0.05, 0.1) is 18.6 Å². The Hall–Kier alpha value is -3.16. The van der Waals surface area contributed by atoms with Gasteiger partial charge in [0, 0.05) is 6.54 Å². The first-order chi connectivity index (χ1) is 13.8. The van der Waals surface area contributed by atoms with Crippen molar-refractivity contribution in [2.45, 2.75) is 47.2 Å². The van der Waals surface area contributed by atoms with Crippen molar-refractivity contribution in [3.8, 4) is 5.69 Å². The molecule has 3 rings (SSSR count). The van der Waals surface area contributed by atoms with Gasteiger partial charge in [-0.1, -0.05) is 31.5 Å². The lowest BCUT2D eigenvalue weighted by Crippen LogP contribution is -2.41. The fourth-order valence-electron chi connectivity index (χ4n) is 3.27. The molecule has 2 heterocycles. The molecule has 1 atom stereocenters. The molecule has 1 aromatic carbocycles. The van der Waals surface area contributed by atoms with Gasteiger partial charge >= 0.3 is 11.7 Å². The number of aryl methyl sites for hydroxylation is 1. The largest absolute Gasteiger partial charge is 0.464 e. The average Bonchev–Trinajstić information content (AvgIpc) is 3.11. The van der Waals surface area contributed by atoms with E-state index in [1.165, 1.54) is 20.0 Å². The zero-order valence-electron chi connectivity index (χ0n) is 17.4. The quantitative estimate of drug-likeness (QED) is 0.595. The normalized spacial score (nSPS) is 12.5. The molecule has 3 aromatic rings. The van der Waals surface area contributed by atoms with Crippen LogP contribution >= 0.6 is 0 Å². The van der Waals surface area contributed by atoms with E-state index in [1.54, 1.807) is 13.8 Å². The monoisotopic (exact) mass is 398 g/mol. The summed E-state index contributed by atoms with van der Waals surface area (Å²) in [7, 11) is 0. The number of rotatable bonds is 6. The van der Waals surface area contributed by atoms with Crippen LogP contribution in [-0.2, 0) is 16.1 Å². The number of imidazole rings is 1. The number of hydrogen-bond donors (Lipinski definition) is 0. The Morgan fingerprint density at radius 3 is 2.38 bits per heavy atom. The molecule has 0 spiro atoms. The van der Waals surface area contributed by atoms with Crippen LogP contribution in [0.2, 0.25) is 0 Å². The molecule has 0 saturated heterocycles. The summed E-state index contributed by atoms with van der Waals surface area (Å²) in [6, 6.07) is 6.67. The fraction of sp³-hybridized carbons (Fsp3) is 0.429. The third-order valence-corrected chi connectivity index (χ3v) is 4.74. The molecular weight excluding hydrogens is 372 g/mol. The number of carbonyl (C=O) groups is 1. The minimum Gasteiger partial charge on any atom is -0.464 e. The summed E-state index contributed by atoms with van der Waals surface area (Å²) in [6.45, 7) is 9.70. The molecule has 0 aliphatic heterocycles. The Bertz CT molecular complexity index is 1150. The molecule has 0 aliphatic rings. The molecule has 2 aromatic heterocycles. The van der Waals surface area contributed by atoms with Crippen LogP contribution in [0.3, 0.4) is 0 Å². The van der Waals surface area contributed by atoms with Crippen LogP contribution in [-0.4, -0.2) is 31.3 Å². The molecule has 0 fully saturated rings. The Kier molecular flexibility index (Phi) is 5.72. The van der Waals surface area contributed by atoms with Gasteiger partial charge in [0.15, 0.2) is 11.2 Å². The van der Waals surface area contributed by atoms with Crippen molar-refractivity contribution in [2.24, 2.45) is 5.92 Å². The number of esters is 1. The molecule has 0 unspecified atom stereocenters. The zero-order chi connectivity index (χ0) is 21.3. The molecule has 29 heavy (non-hydrogen) atoms. The summed E-state index contributed by atoms with van der Waals surface area (Å²) in [5.41, 5.74) is 1.17. The smallest absolute Gasteiger partial charge is 0.337 e. The highest BCUT2D eigenvalue weighted by molar-refractivity contribution is 5.79. The van der Waals surface area contributed by atoms with Gasteiger partial charge in [0.1, 0.15) is 6.04 Å². The lowest BCUT2D eigenvalue weighted by molar-refractivity contribution is -0.146. The summed E-state index contributed by atoms with van der Waals surface area (Å²) in [5, 5.41) is 0. The van der Waals surface area contributed by atoms with Crippen molar-refractivity contribution in [2.75, 3.05) is 6.61 Å².